The van der Waals surface area contributed by atoms with E-state index in [2.05, 4.69) is 26.2 Å². The molecule has 2 heteroatoms. The summed E-state index contributed by atoms with van der Waals surface area (Å²) in [6.07, 6.45) is 16.3. The van der Waals surface area contributed by atoms with Gasteiger partial charge in [0.2, 0.25) is 0 Å². The number of rotatable bonds is 11. The van der Waals surface area contributed by atoms with Crippen LogP contribution in [0.1, 0.15) is 90.9 Å². The van der Waals surface area contributed by atoms with Gasteiger partial charge < -0.3 is 10.1 Å². The molecule has 0 aromatic rings. The summed E-state index contributed by atoms with van der Waals surface area (Å²) in [4.78, 5) is 0. The van der Waals surface area contributed by atoms with Crippen LogP contribution < -0.4 is 5.32 Å². The van der Waals surface area contributed by atoms with Crippen LogP contribution in [0, 0.1) is 0 Å². The lowest BCUT2D eigenvalue weighted by atomic mass is 9.85. The Balaban J connectivity index is 2.09. The average molecular weight is 284 g/mol. The minimum Gasteiger partial charge on any atom is -0.374 e. The maximum atomic E-state index is 6.08. The van der Waals surface area contributed by atoms with E-state index in [9.17, 15) is 0 Å². The Morgan fingerprint density at radius 3 is 2.20 bits per heavy atom. The summed E-state index contributed by atoms with van der Waals surface area (Å²) in [6.45, 7) is 5.54. The van der Waals surface area contributed by atoms with Crippen molar-refractivity contribution >= 4 is 0 Å². The van der Waals surface area contributed by atoms with Gasteiger partial charge in [0.15, 0.2) is 0 Å². The standard InChI is InChI=1S/C18H37NO/c1-4-5-6-7-8-9-10-11-14-17(19-3)18(2)15-12-13-16-20-18/h17,19H,4-16H2,1-3H3. The van der Waals surface area contributed by atoms with Gasteiger partial charge in [0.25, 0.3) is 0 Å². The molecule has 1 N–H and O–H groups in total. The quantitative estimate of drug-likeness (QED) is 0.535. The summed E-state index contributed by atoms with van der Waals surface area (Å²) in [5, 5.41) is 3.51. The van der Waals surface area contributed by atoms with E-state index in [4.69, 9.17) is 4.74 Å². The van der Waals surface area contributed by atoms with E-state index in [1.165, 1.54) is 77.0 Å². The van der Waals surface area contributed by atoms with Crippen LogP contribution in [0.2, 0.25) is 0 Å². The highest BCUT2D eigenvalue weighted by atomic mass is 16.5. The molecule has 0 amide bonds. The Morgan fingerprint density at radius 1 is 1.00 bits per heavy atom. The number of ether oxygens (including phenoxy) is 1. The lowest BCUT2D eigenvalue weighted by Gasteiger charge is -2.40. The van der Waals surface area contributed by atoms with E-state index in [0.717, 1.165) is 6.61 Å². The number of hydrogen-bond acceptors (Lipinski definition) is 2. The molecule has 2 nitrogen and oxygen atoms in total. The van der Waals surface area contributed by atoms with Crippen LogP contribution in [0.3, 0.4) is 0 Å². The van der Waals surface area contributed by atoms with Crippen molar-refractivity contribution in [1.29, 1.82) is 0 Å². The molecule has 2 unspecified atom stereocenters. The molecule has 2 atom stereocenters. The van der Waals surface area contributed by atoms with Gasteiger partial charge in [-0.1, -0.05) is 58.3 Å². The predicted octanol–water partition coefficient (Wildman–Crippen LogP) is 5.06. The number of unbranched alkanes of at least 4 members (excludes halogenated alkanes) is 7. The van der Waals surface area contributed by atoms with Gasteiger partial charge in [-0.25, -0.2) is 0 Å². The normalized spacial score (nSPS) is 24.8. The van der Waals surface area contributed by atoms with Crippen molar-refractivity contribution in [2.24, 2.45) is 0 Å². The number of likely N-dealkylation sites (N-methyl/N-ethyl adjacent to an activating group) is 1. The maximum Gasteiger partial charge on any atom is 0.0806 e. The van der Waals surface area contributed by atoms with E-state index in [1.807, 2.05) is 0 Å². The van der Waals surface area contributed by atoms with Crippen LogP contribution in [0.15, 0.2) is 0 Å². The predicted molar refractivity (Wildman–Crippen MR) is 88.3 cm³/mol. The van der Waals surface area contributed by atoms with Crippen LogP contribution in [0.25, 0.3) is 0 Å². The number of nitrogens with one attached hydrogen (secondary N) is 1. The van der Waals surface area contributed by atoms with E-state index in [-0.39, 0.29) is 5.60 Å². The molecule has 0 aromatic heterocycles. The fraction of sp³-hybridized carbons (Fsp3) is 1.00. The van der Waals surface area contributed by atoms with Crippen molar-refractivity contribution in [2.75, 3.05) is 13.7 Å². The van der Waals surface area contributed by atoms with Crippen molar-refractivity contribution in [2.45, 2.75) is 103 Å². The molecule has 0 radical (unpaired) electrons. The zero-order valence-corrected chi connectivity index (χ0v) is 14.2. The molecular formula is C18H37NO. The molecule has 1 fully saturated rings. The molecule has 1 aliphatic rings. The molecular weight excluding hydrogens is 246 g/mol. The van der Waals surface area contributed by atoms with Crippen molar-refractivity contribution in [3.8, 4) is 0 Å². The van der Waals surface area contributed by atoms with Crippen LogP contribution in [-0.4, -0.2) is 25.3 Å². The van der Waals surface area contributed by atoms with Crippen LogP contribution in [0.4, 0.5) is 0 Å². The second kappa shape index (κ2) is 10.6. The Hall–Kier alpha value is -0.0800. The van der Waals surface area contributed by atoms with Crippen molar-refractivity contribution in [3.63, 3.8) is 0 Å². The first-order valence-corrected chi connectivity index (χ1v) is 9.04. The first-order chi connectivity index (χ1) is 9.73. The van der Waals surface area contributed by atoms with Crippen molar-refractivity contribution in [3.05, 3.63) is 0 Å². The van der Waals surface area contributed by atoms with Gasteiger partial charge in [0, 0.05) is 12.6 Å². The monoisotopic (exact) mass is 283 g/mol. The van der Waals surface area contributed by atoms with Gasteiger partial charge in [-0.2, -0.15) is 0 Å². The summed E-state index contributed by atoms with van der Waals surface area (Å²) < 4.78 is 6.08. The SMILES string of the molecule is CCCCCCCCCCC(NC)C1(C)CCCCO1. The van der Waals surface area contributed by atoms with Crippen molar-refractivity contribution < 1.29 is 4.74 Å². The largest absolute Gasteiger partial charge is 0.374 e. The molecule has 1 saturated heterocycles. The third-order valence-corrected chi connectivity index (χ3v) is 4.93. The highest BCUT2D eigenvalue weighted by molar-refractivity contribution is 4.90. The first kappa shape index (κ1) is 18.0. The van der Waals surface area contributed by atoms with E-state index < -0.39 is 0 Å². The van der Waals surface area contributed by atoms with Gasteiger partial charge in [0.05, 0.1) is 5.60 Å². The molecule has 1 aliphatic heterocycles. The molecule has 1 rings (SSSR count). The minimum absolute atomic E-state index is 0.0775. The van der Waals surface area contributed by atoms with Crippen LogP contribution >= 0.6 is 0 Å². The van der Waals surface area contributed by atoms with Gasteiger partial charge in [0.1, 0.15) is 0 Å². The number of hydrogen-bond donors (Lipinski definition) is 1. The lowest BCUT2D eigenvalue weighted by Crippen LogP contribution is -2.51. The summed E-state index contributed by atoms with van der Waals surface area (Å²) in [5.41, 5.74) is 0.0775. The zero-order valence-electron chi connectivity index (χ0n) is 14.2. The van der Waals surface area contributed by atoms with E-state index in [1.54, 1.807) is 0 Å². The Labute approximate surface area is 127 Å². The maximum absolute atomic E-state index is 6.08. The van der Waals surface area contributed by atoms with Gasteiger partial charge in [-0.3, -0.25) is 0 Å². The summed E-state index contributed by atoms with van der Waals surface area (Å²) in [6, 6.07) is 0.530. The molecule has 1 heterocycles. The molecule has 0 spiro atoms. The third kappa shape index (κ3) is 6.58. The first-order valence-electron chi connectivity index (χ1n) is 9.04. The second-order valence-corrected chi connectivity index (χ2v) is 6.72. The fourth-order valence-corrected chi connectivity index (χ4v) is 3.47. The van der Waals surface area contributed by atoms with Gasteiger partial charge in [-0.15, -0.1) is 0 Å². The topological polar surface area (TPSA) is 21.3 Å². The highest BCUT2D eigenvalue weighted by Gasteiger charge is 2.35. The Bertz CT molecular complexity index is 223. The molecule has 0 saturated carbocycles. The average Bonchev–Trinajstić information content (AvgIpc) is 2.46. The molecule has 0 aliphatic carbocycles. The van der Waals surface area contributed by atoms with Crippen LogP contribution in [-0.2, 0) is 4.74 Å². The fourth-order valence-electron chi connectivity index (χ4n) is 3.47. The zero-order chi connectivity index (χ0) is 14.7. The Kier molecular flexibility index (Phi) is 9.54. The summed E-state index contributed by atoms with van der Waals surface area (Å²) in [7, 11) is 2.10. The highest BCUT2D eigenvalue weighted by Crippen LogP contribution is 2.30. The van der Waals surface area contributed by atoms with Gasteiger partial charge in [-0.05, 0) is 39.7 Å². The molecule has 0 aromatic carbocycles. The smallest absolute Gasteiger partial charge is 0.0806 e. The van der Waals surface area contributed by atoms with Gasteiger partial charge >= 0.3 is 0 Å². The molecule has 0 bridgehead atoms. The second-order valence-electron chi connectivity index (χ2n) is 6.72. The minimum atomic E-state index is 0.0775. The lowest BCUT2D eigenvalue weighted by molar-refractivity contribution is -0.0890. The summed E-state index contributed by atoms with van der Waals surface area (Å²) in [5.74, 6) is 0. The van der Waals surface area contributed by atoms with Crippen LogP contribution in [0.5, 0.6) is 0 Å². The molecule has 120 valence electrons. The van der Waals surface area contributed by atoms with Crippen molar-refractivity contribution in [1.82, 2.24) is 5.32 Å². The van der Waals surface area contributed by atoms with E-state index >= 15 is 0 Å². The summed E-state index contributed by atoms with van der Waals surface area (Å²) >= 11 is 0. The van der Waals surface area contributed by atoms with E-state index in [0.29, 0.717) is 6.04 Å². The third-order valence-electron chi connectivity index (χ3n) is 4.93. The Morgan fingerprint density at radius 2 is 1.65 bits per heavy atom. The molecule has 20 heavy (non-hydrogen) atoms.